The Morgan fingerprint density at radius 1 is 1.07 bits per heavy atom. The average molecular weight is 378 g/mol. The molecule has 1 fully saturated rings. The fourth-order valence-electron chi connectivity index (χ4n) is 4.64. The molecule has 1 saturated heterocycles. The van der Waals surface area contributed by atoms with Crippen molar-refractivity contribution in [3.05, 3.63) is 59.4 Å². The summed E-state index contributed by atoms with van der Waals surface area (Å²) in [4.78, 5) is 9.83. The third-order valence-corrected chi connectivity index (χ3v) is 6.16. The minimum atomic E-state index is 0.661. The van der Waals surface area contributed by atoms with Crippen molar-refractivity contribution in [1.82, 2.24) is 9.88 Å². The van der Waals surface area contributed by atoms with Crippen molar-refractivity contribution in [2.75, 3.05) is 38.2 Å². The molecule has 1 aliphatic heterocycles. The minimum absolute atomic E-state index is 0.661. The second-order valence-corrected chi connectivity index (χ2v) is 8.03. The lowest BCUT2D eigenvalue weighted by molar-refractivity contribution is 0.175. The van der Waals surface area contributed by atoms with Gasteiger partial charge in [0.2, 0.25) is 0 Å². The molecule has 2 aromatic rings. The smallest absolute Gasteiger partial charge is 0.142 e. The number of para-hydroxylation sites is 2. The summed E-state index contributed by atoms with van der Waals surface area (Å²) < 4.78 is 5.54. The summed E-state index contributed by atoms with van der Waals surface area (Å²) in [7, 11) is 1.76. The Bertz CT molecular complexity index is 853. The fraction of sp³-hybridized carbons (Fsp3) is 0.458. The standard InChI is InChI=1S/C24H31N3O/c1-18-16-19(2)24(25-17-18)20-8-10-21(11-9-20)26-12-14-27(15-13-26)22-6-4-5-7-23(22)28-3/h4-8,16-17,21H,9-15H2,1-3H3. The molecular formula is C24H31N3O. The van der Waals surface area contributed by atoms with Gasteiger partial charge in [-0.25, -0.2) is 0 Å². The minimum Gasteiger partial charge on any atom is -0.495 e. The first-order chi connectivity index (χ1) is 13.7. The Labute approximate surface area is 168 Å². The van der Waals surface area contributed by atoms with E-state index in [2.05, 4.69) is 54.0 Å². The molecule has 1 aliphatic carbocycles. The van der Waals surface area contributed by atoms with Crippen LogP contribution in [-0.4, -0.2) is 49.2 Å². The van der Waals surface area contributed by atoms with E-state index in [0.29, 0.717) is 6.04 Å². The molecule has 1 unspecified atom stereocenters. The summed E-state index contributed by atoms with van der Waals surface area (Å²) in [5.74, 6) is 0.974. The van der Waals surface area contributed by atoms with Gasteiger partial charge in [0.15, 0.2) is 0 Å². The third-order valence-electron chi connectivity index (χ3n) is 6.16. The molecule has 0 spiro atoms. The molecule has 0 N–H and O–H groups in total. The van der Waals surface area contributed by atoms with Gasteiger partial charge >= 0.3 is 0 Å². The van der Waals surface area contributed by atoms with Crippen LogP contribution in [0.25, 0.3) is 5.57 Å². The highest BCUT2D eigenvalue weighted by molar-refractivity contribution is 5.66. The molecule has 0 radical (unpaired) electrons. The quantitative estimate of drug-likeness (QED) is 0.786. The number of aryl methyl sites for hydroxylation is 2. The highest BCUT2D eigenvalue weighted by atomic mass is 16.5. The topological polar surface area (TPSA) is 28.6 Å². The molecule has 4 nitrogen and oxygen atoms in total. The number of pyridine rings is 1. The number of allylic oxidation sites excluding steroid dienone is 1. The molecule has 4 heteroatoms. The molecule has 1 aromatic carbocycles. The van der Waals surface area contributed by atoms with E-state index >= 15 is 0 Å². The normalized spacial score (nSPS) is 20.8. The fourth-order valence-corrected chi connectivity index (χ4v) is 4.64. The lowest BCUT2D eigenvalue weighted by Crippen LogP contribution is -2.50. The first-order valence-electron chi connectivity index (χ1n) is 10.4. The van der Waals surface area contributed by atoms with Gasteiger partial charge in [0.1, 0.15) is 5.75 Å². The molecule has 0 saturated carbocycles. The number of anilines is 1. The summed E-state index contributed by atoms with van der Waals surface area (Å²) in [6, 6.07) is 11.3. The number of methoxy groups -OCH3 is 1. The van der Waals surface area contributed by atoms with Gasteiger partial charge in [0.05, 0.1) is 18.5 Å². The van der Waals surface area contributed by atoms with Gasteiger partial charge < -0.3 is 9.64 Å². The molecule has 0 amide bonds. The van der Waals surface area contributed by atoms with E-state index < -0.39 is 0 Å². The van der Waals surface area contributed by atoms with Crippen molar-refractivity contribution in [3.63, 3.8) is 0 Å². The number of nitrogens with zero attached hydrogens (tertiary/aromatic N) is 3. The van der Waals surface area contributed by atoms with Crippen LogP contribution in [0, 0.1) is 13.8 Å². The molecular weight excluding hydrogens is 346 g/mol. The molecule has 0 bridgehead atoms. The Balaban J connectivity index is 1.37. The predicted molar refractivity (Wildman–Crippen MR) is 116 cm³/mol. The second-order valence-electron chi connectivity index (χ2n) is 8.03. The largest absolute Gasteiger partial charge is 0.495 e. The van der Waals surface area contributed by atoms with E-state index in [1.54, 1.807) is 7.11 Å². The van der Waals surface area contributed by atoms with Crippen molar-refractivity contribution in [2.45, 2.75) is 39.2 Å². The summed E-state index contributed by atoms with van der Waals surface area (Å²) in [6.07, 6.45) is 7.93. The van der Waals surface area contributed by atoms with Gasteiger partial charge in [-0.2, -0.15) is 0 Å². The number of hydrogen-bond donors (Lipinski definition) is 0. The highest BCUT2D eigenvalue weighted by Gasteiger charge is 2.27. The van der Waals surface area contributed by atoms with Crippen molar-refractivity contribution >= 4 is 11.3 Å². The number of piperazine rings is 1. The summed E-state index contributed by atoms with van der Waals surface area (Å²) in [5, 5.41) is 0. The van der Waals surface area contributed by atoms with Crippen LogP contribution in [-0.2, 0) is 0 Å². The van der Waals surface area contributed by atoms with Crippen LogP contribution in [0.4, 0.5) is 5.69 Å². The van der Waals surface area contributed by atoms with Gasteiger partial charge in [-0.15, -0.1) is 0 Å². The number of ether oxygens (including phenoxy) is 1. The molecule has 2 aliphatic rings. The maximum absolute atomic E-state index is 5.54. The van der Waals surface area contributed by atoms with Gasteiger partial charge in [0, 0.05) is 38.4 Å². The first kappa shape index (κ1) is 19.0. The highest BCUT2D eigenvalue weighted by Crippen LogP contribution is 2.32. The zero-order chi connectivity index (χ0) is 19.5. The van der Waals surface area contributed by atoms with E-state index in [4.69, 9.17) is 9.72 Å². The Morgan fingerprint density at radius 3 is 2.54 bits per heavy atom. The maximum atomic E-state index is 5.54. The predicted octanol–water partition coefficient (Wildman–Crippen LogP) is 4.47. The SMILES string of the molecule is COc1ccccc1N1CCN(C2CC=C(c3ncc(C)cc3C)CC2)CC1. The molecule has 1 atom stereocenters. The van der Waals surface area contributed by atoms with Crippen LogP contribution in [0.5, 0.6) is 5.75 Å². The lowest BCUT2D eigenvalue weighted by Gasteiger charge is -2.41. The molecule has 28 heavy (non-hydrogen) atoms. The average Bonchev–Trinajstić information content (AvgIpc) is 2.74. The van der Waals surface area contributed by atoms with E-state index in [1.165, 1.54) is 34.5 Å². The first-order valence-corrected chi connectivity index (χ1v) is 10.4. The van der Waals surface area contributed by atoms with Crippen LogP contribution in [0.3, 0.4) is 0 Å². The molecule has 148 valence electrons. The molecule has 1 aromatic heterocycles. The van der Waals surface area contributed by atoms with Crippen molar-refractivity contribution in [1.29, 1.82) is 0 Å². The van der Waals surface area contributed by atoms with Crippen LogP contribution < -0.4 is 9.64 Å². The zero-order valence-electron chi connectivity index (χ0n) is 17.3. The Kier molecular flexibility index (Phi) is 5.67. The van der Waals surface area contributed by atoms with Gasteiger partial charge in [-0.05, 0) is 61.9 Å². The zero-order valence-corrected chi connectivity index (χ0v) is 17.3. The van der Waals surface area contributed by atoms with Crippen LogP contribution in [0.2, 0.25) is 0 Å². The number of benzene rings is 1. The van der Waals surface area contributed by atoms with Crippen molar-refractivity contribution in [2.24, 2.45) is 0 Å². The maximum Gasteiger partial charge on any atom is 0.142 e. The van der Waals surface area contributed by atoms with E-state index in [0.717, 1.165) is 44.8 Å². The van der Waals surface area contributed by atoms with Crippen LogP contribution in [0.15, 0.2) is 42.6 Å². The lowest BCUT2D eigenvalue weighted by atomic mass is 9.90. The molecule has 2 heterocycles. The van der Waals surface area contributed by atoms with E-state index in [9.17, 15) is 0 Å². The van der Waals surface area contributed by atoms with Crippen molar-refractivity contribution in [3.8, 4) is 5.75 Å². The summed E-state index contributed by atoms with van der Waals surface area (Å²) in [6.45, 7) is 8.65. The third kappa shape index (κ3) is 3.93. The number of aromatic nitrogens is 1. The Morgan fingerprint density at radius 2 is 1.86 bits per heavy atom. The number of rotatable bonds is 4. The van der Waals surface area contributed by atoms with Crippen LogP contribution >= 0.6 is 0 Å². The summed E-state index contributed by atoms with van der Waals surface area (Å²) in [5.41, 5.74) is 6.39. The van der Waals surface area contributed by atoms with Gasteiger partial charge in [-0.1, -0.05) is 24.3 Å². The monoisotopic (exact) mass is 377 g/mol. The molecule has 4 rings (SSSR count). The van der Waals surface area contributed by atoms with Gasteiger partial charge in [0.25, 0.3) is 0 Å². The number of hydrogen-bond acceptors (Lipinski definition) is 4. The van der Waals surface area contributed by atoms with Crippen molar-refractivity contribution < 1.29 is 4.74 Å². The van der Waals surface area contributed by atoms with Crippen LogP contribution in [0.1, 0.15) is 36.1 Å². The second kappa shape index (κ2) is 8.36. The Hall–Kier alpha value is -2.33. The van der Waals surface area contributed by atoms with E-state index in [-0.39, 0.29) is 0 Å². The van der Waals surface area contributed by atoms with Gasteiger partial charge in [-0.3, -0.25) is 9.88 Å². The summed E-state index contributed by atoms with van der Waals surface area (Å²) >= 11 is 0. The van der Waals surface area contributed by atoms with E-state index in [1.807, 2.05) is 12.3 Å².